The Morgan fingerprint density at radius 3 is 2.68 bits per heavy atom. The number of aromatic nitrogens is 1. The van der Waals surface area contributed by atoms with Crippen molar-refractivity contribution in [3.63, 3.8) is 0 Å². The van der Waals surface area contributed by atoms with Gasteiger partial charge in [-0.2, -0.15) is 0 Å². The molecule has 3 aromatic rings. The highest BCUT2D eigenvalue weighted by Crippen LogP contribution is 2.48. The summed E-state index contributed by atoms with van der Waals surface area (Å²) in [5.74, 6) is 0.336. The lowest BCUT2D eigenvalue weighted by Gasteiger charge is -2.30. The number of para-hydroxylation sites is 1. The van der Waals surface area contributed by atoms with E-state index in [0.717, 1.165) is 5.52 Å². The van der Waals surface area contributed by atoms with Gasteiger partial charge in [0, 0.05) is 18.0 Å². The van der Waals surface area contributed by atoms with Crippen molar-refractivity contribution >= 4 is 27.9 Å². The number of ether oxygens (including phenoxy) is 2. The summed E-state index contributed by atoms with van der Waals surface area (Å²) in [6.07, 6.45) is 3.81. The molecule has 1 aromatic heterocycles. The zero-order valence-electron chi connectivity index (χ0n) is 14.6. The number of rotatable bonds is 1. The fourth-order valence-corrected chi connectivity index (χ4v) is 3.51. The van der Waals surface area contributed by atoms with Gasteiger partial charge < -0.3 is 19.1 Å². The van der Waals surface area contributed by atoms with Crippen LogP contribution in [0.1, 0.15) is 19.4 Å². The highest BCUT2D eigenvalue weighted by Gasteiger charge is 2.31. The number of aryl methyl sites for hydroxylation is 1. The van der Waals surface area contributed by atoms with Crippen molar-refractivity contribution in [3.05, 3.63) is 46.1 Å². The second-order valence-corrected chi connectivity index (χ2v) is 6.79. The number of aromatic hydroxyl groups is 1. The third-order valence-electron chi connectivity index (χ3n) is 4.69. The number of methoxy groups -OCH3 is 1. The fraction of sp³-hybridized carbons (Fsp3) is 0.250. The SMILES string of the molecule is COc1c(O)c2c(c3c1c(=O)c1ccccc1n3C)C=CC(C)(C)O2. The first-order valence-corrected chi connectivity index (χ1v) is 8.08. The predicted octanol–water partition coefficient (Wildman–Crippen LogP) is 3.59. The number of nitrogens with zero attached hydrogens (tertiary/aromatic N) is 1. The van der Waals surface area contributed by atoms with Gasteiger partial charge in [-0.1, -0.05) is 12.1 Å². The third-order valence-corrected chi connectivity index (χ3v) is 4.69. The fourth-order valence-electron chi connectivity index (χ4n) is 3.51. The van der Waals surface area contributed by atoms with Crippen LogP contribution in [0.15, 0.2) is 35.1 Å². The van der Waals surface area contributed by atoms with E-state index in [-0.39, 0.29) is 16.9 Å². The van der Waals surface area contributed by atoms with Gasteiger partial charge in [-0.05, 0) is 38.1 Å². The highest BCUT2D eigenvalue weighted by molar-refractivity contribution is 6.04. The molecule has 0 amide bonds. The number of phenolic OH excluding ortho intramolecular Hbond substituents is 1. The maximum atomic E-state index is 13.1. The normalized spacial score (nSPS) is 15.2. The largest absolute Gasteiger partial charge is 0.502 e. The van der Waals surface area contributed by atoms with Crippen LogP contribution < -0.4 is 14.9 Å². The van der Waals surface area contributed by atoms with E-state index in [1.165, 1.54) is 7.11 Å². The summed E-state index contributed by atoms with van der Waals surface area (Å²) in [7, 11) is 3.34. The molecule has 0 spiro atoms. The molecular formula is C20H19NO4. The standard InChI is InChI=1S/C20H19NO4/c1-20(2)10-9-12-15-14(19(24-4)17(23)18(12)25-20)16(22)11-7-5-6-8-13(11)21(15)3/h5-10,23H,1-4H3. The topological polar surface area (TPSA) is 60.7 Å². The van der Waals surface area contributed by atoms with Gasteiger partial charge in [-0.3, -0.25) is 4.79 Å². The Morgan fingerprint density at radius 2 is 1.96 bits per heavy atom. The van der Waals surface area contributed by atoms with Crippen LogP contribution in [0, 0.1) is 0 Å². The first kappa shape index (κ1) is 15.6. The van der Waals surface area contributed by atoms with Gasteiger partial charge in [0.2, 0.25) is 11.2 Å². The smallest absolute Gasteiger partial charge is 0.202 e. The molecule has 0 bridgehead atoms. The summed E-state index contributed by atoms with van der Waals surface area (Å²) < 4.78 is 13.3. The molecule has 25 heavy (non-hydrogen) atoms. The Labute approximate surface area is 144 Å². The number of fused-ring (bicyclic) bond motifs is 4. The number of hydrogen-bond acceptors (Lipinski definition) is 4. The molecular weight excluding hydrogens is 318 g/mol. The average molecular weight is 337 g/mol. The van der Waals surface area contributed by atoms with Gasteiger partial charge in [0.15, 0.2) is 11.5 Å². The predicted molar refractivity (Wildman–Crippen MR) is 98.7 cm³/mol. The lowest BCUT2D eigenvalue weighted by Crippen LogP contribution is -2.28. The molecule has 0 aliphatic carbocycles. The Hall–Kier alpha value is -2.95. The van der Waals surface area contributed by atoms with Gasteiger partial charge in [0.1, 0.15) is 5.60 Å². The van der Waals surface area contributed by atoms with E-state index >= 15 is 0 Å². The number of phenols is 1. The van der Waals surface area contributed by atoms with Gasteiger partial charge in [0.25, 0.3) is 0 Å². The van der Waals surface area contributed by atoms with Crippen LogP contribution in [-0.2, 0) is 7.05 Å². The van der Waals surface area contributed by atoms with Crippen molar-refractivity contribution in [2.45, 2.75) is 19.4 Å². The van der Waals surface area contributed by atoms with E-state index < -0.39 is 5.60 Å². The second kappa shape index (κ2) is 5.02. The minimum absolute atomic E-state index is 0.144. The summed E-state index contributed by atoms with van der Waals surface area (Å²) in [4.78, 5) is 13.1. The molecule has 2 aromatic carbocycles. The molecule has 0 saturated carbocycles. The summed E-state index contributed by atoms with van der Waals surface area (Å²) in [6.45, 7) is 3.81. The lowest BCUT2D eigenvalue weighted by molar-refractivity contribution is 0.152. The van der Waals surface area contributed by atoms with Crippen LogP contribution in [0.5, 0.6) is 17.2 Å². The van der Waals surface area contributed by atoms with Crippen LogP contribution >= 0.6 is 0 Å². The van der Waals surface area contributed by atoms with E-state index in [9.17, 15) is 9.90 Å². The highest BCUT2D eigenvalue weighted by atomic mass is 16.5. The molecule has 4 rings (SSSR count). The van der Waals surface area contributed by atoms with E-state index in [4.69, 9.17) is 9.47 Å². The van der Waals surface area contributed by atoms with E-state index in [1.807, 2.05) is 55.8 Å². The number of hydrogen-bond donors (Lipinski definition) is 1. The zero-order chi connectivity index (χ0) is 17.9. The maximum absolute atomic E-state index is 13.1. The Kier molecular flexibility index (Phi) is 3.13. The monoisotopic (exact) mass is 337 g/mol. The average Bonchev–Trinajstić information content (AvgIpc) is 2.59. The van der Waals surface area contributed by atoms with E-state index in [2.05, 4.69) is 0 Å². The molecule has 1 N–H and O–H groups in total. The molecule has 128 valence electrons. The first-order chi connectivity index (χ1) is 11.9. The number of benzene rings is 2. The molecule has 5 nitrogen and oxygen atoms in total. The molecule has 0 saturated heterocycles. The molecule has 0 radical (unpaired) electrons. The second-order valence-electron chi connectivity index (χ2n) is 6.79. The third kappa shape index (κ3) is 2.05. The summed E-state index contributed by atoms with van der Waals surface area (Å²) >= 11 is 0. The Balaban J connectivity index is 2.31. The van der Waals surface area contributed by atoms with Crippen LogP contribution in [-0.4, -0.2) is 22.4 Å². The molecule has 5 heteroatoms. The van der Waals surface area contributed by atoms with Gasteiger partial charge in [-0.25, -0.2) is 0 Å². The minimum Gasteiger partial charge on any atom is -0.502 e. The van der Waals surface area contributed by atoms with E-state index in [0.29, 0.717) is 27.6 Å². The quantitative estimate of drug-likeness (QED) is 0.689. The number of pyridine rings is 1. The molecule has 0 unspecified atom stereocenters. The van der Waals surface area contributed by atoms with Gasteiger partial charge in [-0.15, -0.1) is 0 Å². The minimum atomic E-state index is -0.557. The first-order valence-electron chi connectivity index (χ1n) is 8.08. The van der Waals surface area contributed by atoms with Crippen molar-refractivity contribution < 1.29 is 14.6 Å². The maximum Gasteiger partial charge on any atom is 0.202 e. The van der Waals surface area contributed by atoms with Crippen molar-refractivity contribution in [1.82, 2.24) is 4.57 Å². The van der Waals surface area contributed by atoms with Crippen molar-refractivity contribution in [2.24, 2.45) is 7.05 Å². The Morgan fingerprint density at radius 1 is 1.24 bits per heavy atom. The summed E-state index contributed by atoms with van der Waals surface area (Å²) in [6, 6.07) is 7.40. The van der Waals surface area contributed by atoms with Crippen LogP contribution in [0.2, 0.25) is 0 Å². The Bertz CT molecular complexity index is 1120. The lowest BCUT2D eigenvalue weighted by atomic mass is 9.97. The van der Waals surface area contributed by atoms with Crippen LogP contribution in [0.3, 0.4) is 0 Å². The van der Waals surface area contributed by atoms with Crippen LogP contribution in [0.4, 0.5) is 0 Å². The molecule has 0 fully saturated rings. The van der Waals surface area contributed by atoms with Crippen molar-refractivity contribution in [3.8, 4) is 17.2 Å². The van der Waals surface area contributed by atoms with E-state index in [1.54, 1.807) is 6.07 Å². The zero-order valence-corrected chi connectivity index (χ0v) is 14.6. The molecule has 1 aliphatic rings. The molecule has 1 aliphatic heterocycles. The van der Waals surface area contributed by atoms with Crippen molar-refractivity contribution in [1.29, 1.82) is 0 Å². The molecule has 2 heterocycles. The summed E-state index contributed by atoms with van der Waals surface area (Å²) in [5.41, 5.74) is 1.45. The molecule has 0 atom stereocenters. The summed E-state index contributed by atoms with van der Waals surface area (Å²) in [5, 5.41) is 11.7. The van der Waals surface area contributed by atoms with Gasteiger partial charge >= 0.3 is 0 Å². The van der Waals surface area contributed by atoms with Crippen molar-refractivity contribution in [2.75, 3.05) is 7.11 Å². The van der Waals surface area contributed by atoms with Gasteiger partial charge in [0.05, 0.1) is 23.5 Å². The van der Waals surface area contributed by atoms with Crippen LogP contribution in [0.25, 0.3) is 27.9 Å².